The Morgan fingerprint density at radius 2 is 1.93 bits per heavy atom. The highest BCUT2D eigenvalue weighted by molar-refractivity contribution is 6.30. The van der Waals surface area contributed by atoms with Gasteiger partial charge in [-0.2, -0.15) is 0 Å². The fourth-order valence-electron chi connectivity index (χ4n) is 3.59. The molecule has 0 N–H and O–H groups in total. The average molecular weight is 419 g/mol. The summed E-state index contributed by atoms with van der Waals surface area (Å²) in [5.74, 6) is -1.33. The monoisotopic (exact) mass is 418 g/mol. The van der Waals surface area contributed by atoms with Gasteiger partial charge in [0.05, 0.1) is 12.3 Å². The molecule has 2 aromatic carbocycles. The normalized spacial score (nSPS) is 18.7. The van der Waals surface area contributed by atoms with Crippen LogP contribution in [0.2, 0.25) is 5.02 Å². The van der Waals surface area contributed by atoms with Crippen LogP contribution in [0.4, 0.5) is 8.78 Å². The summed E-state index contributed by atoms with van der Waals surface area (Å²) in [7, 11) is 0. The van der Waals surface area contributed by atoms with Crippen LogP contribution in [0.1, 0.15) is 36.8 Å². The van der Waals surface area contributed by atoms with Crippen molar-refractivity contribution in [2.75, 3.05) is 6.54 Å². The van der Waals surface area contributed by atoms with E-state index in [0.29, 0.717) is 18.0 Å². The summed E-state index contributed by atoms with van der Waals surface area (Å²) in [5, 5.41) is 4.80. The average Bonchev–Trinajstić information content (AvgIpc) is 3.11. The molecule has 1 atom stereocenters. The van der Waals surface area contributed by atoms with Crippen molar-refractivity contribution in [1.29, 1.82) is 0 Å². The summed E-state index contributed by atoms with van der Waals surface area (Å²) in [6.45, 7) is 0.379. The SMILES string of the molecule is O=C(C1CCC1)N(Cc1ccc(F)cc1F)C[C@@H]1CC(c2ccc(Cl)cc2)=NO1. The molecule has 29 heavy (non-hydrogen) atoms. The first-order chi connectivity index (χ1) is 14.0. The molecule has 4 rings (SSSR count). The molecule has 1 aliphatic carbocycles. The number of hydrogen-bond acceptors (Lipinski definition) is 3. The summed E-state index contributed by atoms with van der Waals surface area (Å²) >= 11 is 5.93. The highest BCUT2D eigenvalue weighted by atomic mass is 35.5. The van der Waals surface area contributed by atoms with Crippen LogP contribution < -0.4 is 0 Å². The van der Waals surface area contributed by atoms with Gasteiger partial charge >= 0.3 is 0 Å². The first-order valence-electron chi connectivity index (χ1n) is 9.71. The van der Waals surface area contributed by atoms with Crippen LogP contribution in [0.3, 0.4) is 0 Å². The molecular weight excluding hydrogens is 398 g/mol. The summed E-state index contributed by atoms with van der Waals surface area (Å²) in [6.07, 6.45) is 2.95. The van der Waals surface area contributed by atoms with Gasteiger partial charge in [-0.1, -0.05) is 41.4 Å². The molecule has 0 bridgehead atoms. The van der Waals surface area contributed by atoms with E-state index in [4.69, 9.17) is 16.4 Å². The van der Waals surface area contributed by atoms with Gasteiger partial charge in [0.15, 0.2) is 6.10 Å². The Balaban J connectivity index is 1.45. The minimum absolute atomic E-state index is 0.0106. The molecular formula is C22H21ClF2N2O2. The van der Waals surface area contributed by atoms with Crippen molar-refractivity contribution in [3.05, 3.63) is 70.2 Å². The number of halogens is 3. The maximum atomic E-state index is 14.2. The minimum atomic E-state index is -0.651. The van der Waals surface area contributed by atoms with Gasteiger partial charge in [0, 0.05) is 35.5 Å². The summed E-state index contributed by atoms with van der Waals surface area (Å²) in [5.41, 5.74) is 1.99. The molecule has 2 aliphatic rings. The van der Waals surface area contributed by atoms with E-state index in [1.54, 1.807) is 17.0 Å². The van der Waals surface area contributed by atoms with Crippen LogP contribution in [-0.4, -0.2) is 29.2 Å². The molecule has 1 fully saturated rings. The van der Waals surface area contributed by atoms with Crippen LogP contribution in [0.25, 0.3) is 0 Å². The van der Waals surface area contributed by atoms with E-state index >= 15 is 0 Å². The third kappa shape index (κ3) is 4.58. The molecule has 0 radical (unpaired) electrons. The van der Waals surface area contributed by atoms with E-state index in [0.717, 1.165) is 36.6 Å². The van der Waals surface area contributed by atoms with Crippen molar-refractivity contribution in [1.82, 2.24) is 4.90 Å². The molecule has 0 saturated heterocycles. The fraction of sp³-hybridized carbons (Fsp3) is 0.364. The third-order valence-electron chi connectivity index (χ3n) is 5.48. The molecule has 2 aromatic rings. The van der Waals surface area contributed by atoms with Crippen LogP contribution in [0.15, 0.2) is 47.6 Å². The van der Waals surface area contributed by atoms with Gasteiger partial charge in [-0.25, -0.2) is 8.78 Å². The van der Waals surface area contributed by atoms with E-state index < -0.39 is 11.6 Å². The van der Waals surface area contributed by atoms with Crippen molar-refractivity contribution in [2.24, 2.45) is 11.1 Å². The van der Waals surface area contributed by atoms with E-state index in [2.05, 4.69) is 5.16 Å². The van der Waals surface area contributed by atoms with Crippen molar-refractivity contribution >= 4 is 23.2 Å². The highest BCUT2D eigenvalue weighted by Gasteiger charge is 2.33. The second kappa shape index (κ2) is 8.49. The number of amides is 1. The maximum Gasteiger partial charge on any atom is 0.226 e. The van der Waals surface area contributed by atoms with E-state index in [1.807, 2.05) is 12.1 Å². The molecule has 1 saturated carbocycles. The number of nitrogens with zero attached hydrogens (tertiary/aromatic N) is 2. The largest absolute Gasteiger partial charge is 0.390 e. The Bertz CT molecular complexity index is 929. The first kappa shape index (κ1) is 19.8. The number of carbonyl (C=O) groups excluding carboxylic acids is 1. The number of hydrogen-bond donors (Lipinski definition) is 0. The zero-order valence-electron chi connectivity index (χ0n) is 15.8. The Morgan fingerprint density at radius 3 is 2.59 bits per heavy atom. The standard InChI is InChI=1S/C22H21ClF2N2O2/c23-17-7-4-14(5-8-17)21-11-19(29-26-21)13-27(22(28)15-2-1-3-15)12-16-6-9-18(24)10-20(16)25/h4-10,15,19H,1-3,11-13H2/t19-/m0/s1. The number of oxime groups is 1. The lowest BCUT2D eigenvalue weighted by atomic mass is 9.84. The summed E-state index contributed by atoms with van der Waals surface area (Å²) in [4.78, 5) is 20.1. The zero-order chi connectivity index (χ0) is 20.4. The second-order valence-corrected chi connectivity index (χ2v) is 8.00. The van der Waals surface area contributed by atoms with Crippen LogP contribution >= 0.6 is 11.6 Å². The lowest BCUT2D eigenvalue weighted by molar-refractivity contribution is -0.140. The molecule has 0 spiro atoms. The van der Waals surface area contributed by atoms with Gasteiger partial charge in [0.25, 0.3) is 0 Å². The Morgan fingerprint density at radius 1 is 1.17 bits per heavy atom. The predicted molar refractivity (Wildman–Crippen MR) is 107 cm³/mol. The number of carbonyl (C=O) groups is 1. The maximum absolute atomic E-state index is 14.2. The molecule has 0 unspecified atom stereocenters. The van der Waals surface area contributed by atoms with E-state index in [1.165, 1.54) is 12.1 Å². The second-order valence-electron chi connectivity index (χ2n) is 7.56. The molecule has 7 heteroatoms. The Hall–Kier alpha value is -2.47. The molecule has 1 heterocycles. The number of rotatable bonds is 6. The molecule has 0 aromatic heterocycles. The number of benzene rings is 2. The quantitative estimate of drug-likeness (QED) is 0.666. The summed E-state index contributed by atoms with van der Waals surface area (Å²) < 4.78 is 27.4. The van der Waals surface area contributed by atoms with Gasteiger partial charge in [-0.15, -0.1) is 0 Å². The molecule has 152 valence electrons. The topological polar surface area (TPSA) is 41.9 Å². The first-order valence-corrected chi connectivity index (χ1v) is 10.1. The molecule has 1 aliphatic heterocycles. The van der Waals surface area contributed by atoms with Gasteiger partial charge in [-0.3, -0.25) is 4.79 Å². The minimum Gasteiger partial charge on any atom is -0.390 e. The van der Waals surface area contributed by atoms with Gasteiger partial charge < -0.3 is 9.74 Å². The van der Waals surface area contributed by atoms with Crippen molar-refractivity contribution < 1.29 is 18.4 Å². The van der Waals surface area contributed by atoms with Crippen molar-refractivity contribution in [3.8, 4) is 0 Å². The van der Waals surface area contributed by atoms with Crippen molar-refractivity contribution in [2.45, 2.75) is 38.3 Å². The van der Waals surface area contributed by atoms with E-state index in [9.17, 15) is 13.6 Å². The predicted octanol–water partition coefficient (Wildman–Crippen LogP) is 4.94. The van der Waals surface area contributed by atoms with Gasteiger partial charge in [-0.05, 0) is 36.6 Å². The lowest BCUT2D eigenvalue weighted by Crippen LogP contribution is -2.42. The van der Waals surface area contributed by atoms with Crippen molar-refractivity contribution in [3.63, 3.8) is 0 Å². The van der Waals surface area contributed by atoms with Gasteiger partial charge in [0.1, 0.15) is 11.6 Å². The highest BCUT2D eigenvalue weighted by Crippen LogP contribution is 2.30. The Labute approximate surface area is 173 Å². The smallest absolute Gasteiger partial charge is 0.226 e. The molecule has 4 nitrogen and oxygen atoms in total. The fourth-order valence-corrected chi connectivity index (χ4v) is 3.71. The van der Waals surface area contributed by atoms with Crippen LogP contribution in [0.5, 0.6) is 0 Å². The van der Waals surface area contributed by atoms with Gasteiger partial charge in [0.2, 0.25) is 5.91 Å². The molecule has 1 amide bonds. The zero-order valence-corrected chi connectivity index (χ0v) is 16.5. The lowest BCUT2D eigenvalue weighted by Gasteiger charge is -2.32. The van der Waals surface area contributed by atoms with Crippen LogP contribution in [-0.2, 0) is 16.2 Å². The third-order valence-corrected chi connectivity index (χ3v) is 5.73. The summed E-state index contributed by atoms with van der Waals surface area (Å²) in [6, 6.07) is 10.8. The van der Waals surface area contributed by atoms with Crippen LogP contribution in [0, 0.1) is 17.6 Å². The van der Waals surface area contributed by atoms with E-state index in [-0.39, 0.29) is 30.0 Å². The Kier molecular flexibility index (Phi) is 5.81.